The number of hydrogen-bond donors (Lipinski definition) is 0. The lowest BCUT2D eigenvalue weighted by Gasteiger charge is -2.44. The number of aromatic nitrogens is 3. The number of benzene rings is 2. The summed E-state index contributed by atoms with van der Waals surface area (Å²) >= 11 is 7.27. The lowest BCUT2D eigenvalue weighted by Crippen LogP contribution is -2.58. The molecule has 0 N–H and O–H groups in total. The second kappa shape index (κ2) is 14.2. The zero-order valence-corrected chi connectivity index (χ0v) is 24.7. The molecule has 0 radical (unpaired) electrons. The minimum atomic E-state index is -1.64. The molecule has 4 rings (SSSR count). The predicted molar refractivity (Wildman–Crippen MR) is 148 cm³/mol. The first-order chi connectivity index (χ1) is 20.4. The van der Waals surface area contributed by atoms with Gasteiger partial charge >= 0.3 is 17.9 Å². The van der Waals surface area contributed by atoms with Crippen LogP contribution >= 0.6 is 23.4 Å². The van der Waals surface area contributed by atoms with Crippen molar-refractivity contribution in [1.29, 1.82) is 0 Å². The summed E-state index contributed by atoms with van der Waals surface area (Å²) < 4.78 is 65.4. The summed E-state index contributed by atoms with van der Waals surface area (Å²) in [6.07, 6.45) is -1.50. The topological polar surface area (TPSA) is 119 Å². The van der Waals surface area contributed by atoms with E-state index in [1.54, 1.807) is 12.1 Å². The summed E-state index contributed by atoms with van der Waals surface area (Å²) in [5.41, 5.74) is -0.0480. The number of halogens is 4. The maximum Gasteiger partial charge on any atom is 0.303 e. The van der Waals surface area contributed by atoms with Crippen molar-refractivity contribution in [2.45, 2.75) is 57.0 Å². The van der Waals surface area contributed by atoms with Gasteiger partial charge in [0.1, 0.15) is 29.9 Å². The lowest BCUT2D eigenvalue weighted by molar-refractivity contribution is -0.212. The minimum Gasteiger partial charge on any atom is -0.463 e. The van der Waals surface area contributed by atoms with Gasteiger partial charge in [0.05, 0.1) is 6.20 Å². The van der Waals surface area contributed by atoms with Crippen LogP contribution in [0.3, 0.4) is 0 Å². The van der Waals surface area contributed by atoms with Crippen LogP contribution < -0.4 is 0 Å². The van der Waals surface area contributed by atoms with Crippen molar-refractivity contribution in [1.82, 2.24) is 15.0 Å². The average molecular weight is 642 g/mol. The zero-order chi connectivity index (χ0) is 31.3. The van der Waals surface area contributed by atoms with Gasteiger partial charge in [-0.25, -0.2) is 17.9 Å². The molecule has 15 heteroatoms. The highest BCUT2D eigenvalue weighted by Gasteiger charge is 2.51. The van der Waals surface area contributed by atoms with E-state index in [9.17, 15) is 27.6 Å². The van der Waals surface area contributed by atoms with Gasteiger partial charge in [-0.3, -0.25) is 14.4 Å². The number of nitrogens with zero attached hydrogens (tertiary/aromatic N) is 3. The number of ether oxygens (including phenoxy) is 4. The molecule has 2 heterocycles. The van der Waals surface area contributed by atoms with Crippen LogP contribution in [0.5, 0.6) is 0 Å². The van der Waals surface area contributed by atoms with Crippen LogP contribution in [0, 0.1) is 17.5 Å². The van der Waals surface area contributed by atoms with Gasteiger partial charge in [0, 0.05) is 31.4 Å². The Bertz CT molecular complexity index is 1450. The Labute approximate surface area is 253 Å². The molecule has 1 fully saturated rings. The molecule has 0 saturated carbocycles. The highest BCUT2D eigenvalue weighted by molar-refractivity contribution is 7.99. The molecule has 10 nitrogen and oxygen atoms in total. The number of aryl methyl sites for hydroxylation is 1. The fraction of sp³-hybridized carbons (Fsp3) is 0.393. The summed E-state index contributed by atoms with van der Waals surface area (Å²) in [4.78, 5) is 36.1. The van der Waals surface area contributed by atoms with Crippen LogP contribution in [0.15, 0.2) is 42.6 Å². The van der Waals surface area contributed by atoms with Gasteiger partial charge in [0.25, 0.3) is 0 Å². The van der Waals surface area contributed by atoms with Gasteiger partial charge in [0.15, 0.2) is 29.7 Å². The Balaban J connectivity index is 1.72. The van der Waals surface area contributed by atoms with E-state index in [2.05, 4.69) is 10.3 Å². The van der Waals surface area contributed by atoms with Crippen LogP contribution in [0.2, 0.25) is 5.02 Å². The average Bonchev–Trinajstić information content (AvgIpc) is 3.42. The molecule has 0 spiro atoms. The van der Waals surface area contributed by atoms with Crippen LogP contribution in [0.25, 0.3) is 11.3 Å². The van der Waals surface area contributed by atoms with Gasteiger partial charge in [0.2, 0.25) is 0 Å². The molecule has 1 saturated heterocycles. The summed E-state index contributed by atoms with van der Waals surface area (Å²) in [6, 6.07) is 7.68. The van der Waals surface area contributed by atoms with Crippen LogP contribution in [-0.2, 0) is 39.8 Å². The van der Waals surface area contributed by atoms with Crippen molar-refractivity contribution in [2.24, 2.45) is 0 Å². The monoisotopic (exact) mass is 641 g/mol. The molecule has 3 aromatic rings. The first kappa shape index (κ1) is 32.3. The summed E-state index contributed by atoms with van der Waals surface area (Å²) in [5.74, 6) is -6.01. The molecule has 1 aliphatic heterocycles. The van der Waals surface area contributed by atoms with E-state index >= 15 is 0 Å². The second-order valence-corrected chi connectivity index (χ2v) is 11.2. The van der Waals surface area contributed by atoms with Gasteiger partial charge in [-0.1, -0.05) is 28.9 Å². The number of hydrogen-bond acceptors (Lipinski definition) is 10. The first-order valence-electron chi connectivity index (χ1n) is 13.0. The van der Waals surface area contributed by atoms with Crippen molar-refractivity contribution < 1.29 is 46.5 Å². The molecular weight excluding hydrogens is 615 g/mol. The maximum atomic E-state index is 14.0. The predicted octanol–water partition coefficient (Wildman–Crippen LogP) is 4.68. The van der Waals surface area contributed by atoms with Gasteiger partial charge in [-0.05, 0) is 42.0 Å². The summed E-state index contributed by atoms with van der Waals surface area (Å²) in [6.45, 7) is 3.23. The molecule has 1 aliphatic rings. The van der Waals surface area contributed by atoms with E-state index in [0.29, 0.717) is 17.2 Å². The number of rotatable bonds is 10. The van der Waals surface area contributed by atoms with Crippen LogP contribution in [0.4, 0.5) is 13.2 Å². The molecule has 2 aromatic carbocycles. The van der Waals surface area contributed by atoms with E-state index in [1.165, 1.54) is 36.5 Å². The van der Waals surface area contributed by atoms with E-state index in [-0.39, 0.29) is 17.9 Å². The van der Waals surface area contributed by atoms with Crippen molar-refractivity contribution >= 4 is 41.3 Å². The third-order valence-electron chi connectivity index (χ3n) is 6.35. The number of carbonyl (C=O) groups is 3. The second-order valence-electron chi connectivity index (χ2n) is 9.57. The van der Waals surface area contributed by atoms with Crippen molar-refractivity contribution in [3.63, 3.8) is 0 Å². The molecule has 0 amide bonds. The van der Waals surface area contributed by atoms with Crippen LogP contribution in [-0.4, -0.2) is 69.0 Å². The fourth-order valence-corrected chi connectivity index (χ4v) is 5.86. The highest BCUT2D eigenvalue weighted by Crippen LogP contribution is 2.39. The summed E-state index contributed by atoms with van der Waals surface area (Å²) in [7, 11) is 0. The van der Waals surface area contributed by atoms with Crippen LogP contribution in [0.1, 0.15) is 32.4 Å². The standard InChI is InChI=1S/C28H27ClF3N3O7S/c1-14(36)39-13-23-26(40-15(2)37)25(35-12-22(33-34-35)18-10-20(30)24(32)21(31)11-18)27(41-16(3)38)28(42-23)43-9-8-17-4-6-19(29)7-5-17/h4-7,10-12,23,25-28H,8-9,13H2,1-3H3/t23?,25-,26-,27?,28+/m0/s1. The fourth-order valence-electron chi connectivity index (χ4n) is 4.52. The Morgan fingerprint density at radius 1 is 0.977 bits per heavy atom. The number of thioether (sulfide) groups is 1. The Hall–Kier alpha value is -3.62. The van der Waals surface area contributed by atoms with Gasteiger partial charge in [-0.15, -0.1) is 16.9 Å². The SMILES string of the molecule is CC(=O)OCC1O[C@H](SCCc2ccc(Cl)cc2)C(OC(C)=O)[C@@H](n2cc(-c3cc(F)c(F)c(F)c3)nn2)[C@H]1OC(C)=O. The van der Waals surface area contributed by atoms with Crippen molar-refractivity contribution in [3.05, 3.63) is 70.6 Å². The molecule has 5 atom stereocenters. The quantitative estimate of drug-likeness (QED) is 0.175. The van der Waals surface area contributed by atoms with Gasteiger partial charge in [-0.2, -0.15) is 0 Å². The molecule has 230 valence electrons. The molecule has 43 heavy (non-hydrogen) atoms. The van der Waals surface area contributed by atoms with Crippen molar-refractivity contribution in [2.75, 3.05) is 12.4 Å². The van der Waals surface area contributed by atoms with Gasteiger partial charge < -0.3 is 18.9 Å². The molecule has 2 unspecified atom stereocenters. The van der Waals surface area contributed by atoms with E-state index in [1.807, 2.05) is 12.1 Å². The molecule has 0 bridgehead atoms. The Morgan fingerprint density at radius 3 is 2.21 bits per heavy atom. The lowest BCUT2D eigenvalue weighted by atomic mass is 9.96. The number of esters is 3. The highest BCUT2D eigenvalue weighted by atomic mass is 35.5. The molecule has 0 aliphatic carbocycles. The van der Waals surface area contributed by atoms with E-state index in [4.69, 9.17) is 30.5 Å². The minimum absolute atomic E-state index is 0.0454. The Kier molecular flexibility index (Phi) is 10.7. The molecule has 1 aromatic heterocycles. The van der Waals surface area contributed by atoms with Crippen molar-refractivity contribution in [3.8, 4) is 11.3 Å². The largest absolute Gasteiger partial charge is 0.463 e. The first-order valence-corrected chi connectivity index (χ1v) is 14.4. The maximum absolute atomic E-state index is 14.0. The summed E-state index contributed by atoms with van der Waals surface area (Å²) in [5, 5.41) is 8.63. The van der Waals surface area contributed by atoms with E-state index < -0.39 is 65.1 Å². The normalized spacial score (nSPS) is 21.7. The van der Waals surface area contributed by atoms with E-state index in [0.717, 1.165) is 24.6 Å². The zero-order valence-electron chi connectivity index (χ0n) is 23.2. The molecular formula is C28H27ClF3N3O7S. The Morgan fingerprint density at radius 2 is 1.60 bits per heavy atom. The third-order valence-corrected chi connectivity index (χ3v) is 7.75. The third kappa shape index (κ3) is 8.27. The smallest absolute Gasteiger partial charge is 0.303 e. The number of carbonyl (C=O) groups excluding carboxylic acids is 3.